The number of aromatic nitrogens is 3. The van der Waals surface area contributed by atoms with E-state index in [0.29, 0.717) is 5.41 Å². The van der Waals surface area contributed by atoms with E-state index in [1.807, 2.05) is 0 Å². The summed E-state index contributed by atoms with van der Waals surface area (Å²) in [6.45, 7) is 8.18. The van der Waals surface area contributed by atoms with Gasteiger partial charge in [-0.15, -0.1) is 10.2 Å². The SMILES string of the molecule is CCC1(CNC(=O)N[C@@H](c2nnc3n2CCC3)C(C)C)CCC1. The van der Waals surface area contributed by atoms with E-state index in [-0.39, 0.29) is 18.0 Å². The van der Waals surface area contributed by atoms with Gasteiger partial charge in [-0.2, -0.15) is 0 Å². The molecule has 0 unspecified atom stereocenters. The maximum Gasteiger partial charge on any atom is 0.315 e. The smallest absolute Gasteiger partial charge is 0.315 e. The quantitative estimate of drug-likeness (QED) is 0.847. The van der Waals surface area contributed by atoms with Crippen LogP contribution >= 0.6 is 0 Å². The second-order valence-electron chi connectivity index (χ2n) is 7.49. The molecule has 2 aliphatic rings. The van der Waals surface area contributed by atoms with Crippen molar-refractivity contribution in [3.63, 3.8) is 0 Å². The average molecular weight is 319 g/mol. The van der Waals surface area contributed by atoms with Crippen LogP contribution in [0, 0.1) is 11.3 Å². The van der Waals surface area contributed by atoms with E-state index in [9.17, 15) is 4.79 Å². The van der Waals surface area contributed by atoms with Gasteiger partial charge in [0.1, 0.15) is 5.82 Å². The normalized spacial score (nSPS) is 20.0. The Morgan fingerprint density at radius 3 is 2.70 bits per heavy atom. The first-order valence-corrected chi connectivity index (χ1v) is 9.01. The van der Waals surface area contributed by atoms with Crippen molar-refractivity contribution < 1.29 is 4.79 Å². The van der Waals surface area contributed by atoms with E-state index in [1.54, 1.807) is 0 Å². The van der Waals surface area contributed by atoms with Crippen LogP contribution in [0.3, 0.4) is 0 Å². The number of urea groups is 1. The molecule has 0 spiro atoms. The molecule has 6 nitrogen and oxygen atoms in total. The molecule has 0 aromatic carbocycles. The van der Waals surface area contributed by atoms with Crippen molar-refractivity contribution in [1.82, 2.24) is 25.4 Å². The van der Waals surface area contributed by atoms with E-state index in [2.05, 4.69) is 46.2 Å². The van der Waals surface area contributed by atoms with E-state index in [0.717, 1.165) is 44.0 Å². The number of nitrogens with zero attached hydrogens (tertiary/aromatic N) is 3. The van der Waals surface area contributed by atoms with Crippen LogP contribution in [0.2, 0.25) is 0 Å². The van der Waals surface area contributed by atoms with Crippen molar-refractivity contribution in [2.45, 2.75) is 71.9 Å². The largest absolute Gasteiger partial charge is 0.338 e. The molecule has 2 amide bonds. The molecule has 1 atom stereocenters. The summed E-state index contributed by atoms with van der Waals surface area (Å²) in [5.41, 5.74) is 0.334. The van der Waals surface area contributed by atoms with Gasteiger partial charge in [0.25, 0.3) is 0 Å². The number of carbonyl (C=O) groups is 1. The first-order valence-electron chi connectivity index (χ1n) is 9.01. The second-order valence-corrected chi connectivity index (χ2v) is 7.49. The lowest BCUT2D eigenvalue weighted by molar-refractivity contribution is 0.125. The molecule has 1 fully saturated rings. The number of carbonyl (C=O) groups excluding carboxylic acids is 1. The number of rotatable bonds is 6. The lowest BCUT2D eigenvalue weighted by Gasteiger charge is -2.41. The van der Waals surface area contributed by atoms with Crippen LogP contribution in [0.25, 0.3) is 0 Å². The molecule has 2 N–H and O–H groups in total. The van der Waals surface area contributed by atoms with Crippen molar-refractivity contribution in [2.75, 3.05) is 6.54 Å². The number of hydrogen-bond acceptors (Lipinski definition) is 3. The zero-order chi connectivity index (χ0) is 16.4. The van der Waals surface area contributed by atoms with Crippen LogP contribution in [-0.4, -0.2) is 27.3 Å². The molecule has 1 saturated carbocycles. The van der Waals surface area contributed by atoms with Crippen LogP contribution in [0.4, 0.5) is 4.79 Å². The Hall–Kier alpha value is -1.59. The van der Waals surface area contributed by atoms with Gasteiger partial charge in [-0.3, -0.25) is 0 Å². The Morgan fingerprint density at radius 1 is 1.30 bits per heavy atom. The minimum Gasteiger partial charge on any atom is -0.338 e. The first-order chi connectivity index (χ1) is 11.0. The van der Waals surface area contributed by atoms with Crippen LogP contribution in [0.5, 0.6) is 0 Å². The molecule has 0 bridgehead atoms. The molecule has 1 aliphatic carbocycles. The molecule has 6 heteroatoms. The predicted octanol–water partition coefficient (Wildman–Crippen LogP) is 2.80. The molecule has 1 aromatic rings. The summed E-state index contributed by atoms with van der Waals surface area (Å²) in [5.74, 6) is 2.22. The lowest BCUT2D eigenvalue weighted by Crippen LogP contribution is -2.47. The Morgan fingerprint density at radius 2 is 2.09 bits per heavy atom. The van der Waals surface area contributed by atoms with Crippen LogP contribution in [-0.2, 0) is 13.0 Å². The van der Waals surface area contributed by atoms with Crippen molar-refractivity contribution in [3.05, 3.63) is 11.6 Å². The molecular formula is C17H29N5O. The van der Waals surface area contributed by atoms with Crippen LogP contribution < -0.4 is 10.6 Å². The third kappa shape index (κ3) is 3.21. The molecule has 23 heavy (non-hydrogen) atoms. The Balaban J connectivity index is 1.62. The maximum absolute atomic E-state index is 12.4. The van der Waals surface area contributed by atoms with E-state index < -0.39 is 0 Å². The van der Waals surface area contributed by atoms with Gasteiger partial charge in [0.05, 0.1) is 6.04 Å². The molecule has 0 radical (unpaired) electrons. The fraction of sp³-hybridized carbons (Fsp3) is 0.824. The highest BCUT2D eigenvalue weighted by molar-refractivity contribution is 5.74. The molecule has 3 rings (SSSR count). The summed E-state index contributed by atoms with van der Waals surface area (Å²) in [7, 11) is 0. The van der Waals surface area contributed by atoms with E-state index in [1.165, 1.54) is 19.3 Å². The molecule has 1 aliphatic heterocycles. The van der Waals surface area contributed by atoms with Crippen LogP contribution in [0.15, 0.2) is 0 Å². The van der Waals surface area contributed by atoms with E-state index >= 15 is 0 Å². The zero-order valence-corrected chi connectivity index (χ0v) is 14.6. The van der Waals surface area contributed by atoms with Gasteiger partial charge in [-0.25, -0.2) is 4.79 Å². The van der Waals surface area contributed by atoms with Gasteiger partial charge in [0, 0.05) is 19.5 Å². The monoisotopic (exact) mass is 319 g/mol. The maximum atomic E-state index is 12.4. The van der Waals surface area contributed by atoms with Crippen molar-refractivity contribution in [1.29, 1.82) is 0 Å². The highest BCUT2D eigenvalue weighted by atomic mass is 16.2. The van der Waals surface area contributed by atoms with Crippen molar-refractivity contribution in [3.8, 4) is 0 Å². The summed E-state index contributed by atoms with van der Waals surface area (Å²) in [4.78, 5) is 12.4. The Labute approximate surface area is 138 Å². The third-order valence-electron chi connectivity index (χ3n) is 5.66. The van der Waals surface area contributed by atoms with Crippen LogP contribution in [0.1, 0.15) is 70.6 Å². The summed E-state index contributed by atoms with van der Waals surface area (Å²) < 4.78 is 2.17. The fourth-order valence-corrected chi connectivity index (χ4v) is 3.72. The highest BCUT2D eigenvalue weighted by Crippen LogP contribution is 2.43. The van der Waals surface area contributed by atoms with Gasteiger partial charge in [-0.1, -0.05) is 27.2 Å². The summed E-state index contributed by atoms with van der Waals surface area (Å²) in [6.07, 6.45) is 7.00. The third-order valence-corrected chi connectivity index (χ3v) is 5.66. The topological polar surface area (TPSA) is 71.8 Å². The summed E-state index contributed by atoms with van der Waals surface area (Å²) in [6, 6.07) is -0.174. The van der Waals surface area contributed by atoms with Crippen molar-refractivity contribution in [2.24, 2.45) is 11.3 Å². The minimum absolute atomic E-state index is 0.0845. The predicted molar refractivity (Wildman–Crippen MR) is 89.0 cm³/mol. The van der Waals surface area contributed by atoms with E-state index in [4.69, 9.17) is 0 Å². The standard InChI is InChI=1S/C17H29N5O/c1-4-17(8-6-9-17)11-18-16(23)19-14(12(2)3)15-21-20-13-7-5-10-22(13)15/h12,14H,4-11H2,1-3H3,(H2,18,19,23)/t14-/m1/s1. The van der Waals surface area contributed by atoms with Gasteiger partial charge in [-0.05, 0) is 37.0 Å². The molecule has 128 valence electrons. The number of amides is 2. The summed E-state index contributed by atoms with van der Waals surface area (Å²) >= 11 is 0. The minimum atomic E-state index is -0.0895. The number of hydrogen-bond donors (Lipinski definition) is 2. The fourth-order valence-electron chi connectivity index (χ4n) is 3.72. The summed E-state index contributed by atoms with van der Waals surface area (Å²) in [5, 5.41) is 14.8. The second kappa shape index (κ2) is 6.49. The van der Waals surface area contributed by atoms with Gasteiger partial charge < -0.3 is 15.2 Å². The highest BCUT2D eigenvalue weighted by Gasteiger charge is 2.35. The molecular weight excluding hydrogens is 290 g/mol. The Bertz CT molecular complexity index is 556. The molecule has 1 aromatic heterocycles. The van der Waals surface area contributed by atoms with Crippen molar-refractivity contribution >= 4 is 6.03 Å². The molecule has 2 heterocycles. The Kier molecular flexibility index (Phi) is 4.60. The lowest BCUT2D eigenvalue weighted by atomic mass is 9.67. The van der Waals surface area contributed by atoms with Gasteiger partial charge in [0.2, 0.25) is 0 Å². The number of aryl methyl sites for hydroxylation is 1. The zero-order valence-electron chi connectivity index (χ0n) is 14.6. The van der Waals surface area contributed by atoms with Gasteiger partial charge >= 0.3 is 6.03 Å². The number of nitrogens with one attached hydrogen (secondary N) is 2. The number of fused-ring (bicyclic) bond motifs is 1. The molecule has 0 saturated heterocycles. The van der Waals surface area contributed by atoms with Gasteiger partial charge in [0.15, 0.2) is 5.82 Å². The first kappa shape index (κ1) is 16.3. The average Bonchev–Trinajstić information content (AvgIpc) is 3.07.